The molecule has 150 valence electrons. The molecule has 0 radical (unpaired) electrons. The maximum absolute atomic E-state index is 12.0. The van der Waals surface area contributed by atoms with Crippen LogP contribution in [-0.2, 0) is 9.53 Å². The number of hydrogen-bond acceptors (Lipinski definition) is 5. The molecule has 4 nitrogen and oxygen atoms in total. The fourth-order valence-electron chi connectivity index (χ4n) is 2.67. The standard InChI is InChI=1S/C21H30ClNO3S/c1-5-8-9-16(6-2)14-26-19(25)12-13-27-18-11-10-17(23-7-3)20(15(4)24)21(18)22/h7,10-11,16H,5-6,8-9,12-14H2,1-4H3/b23-7-. The minimum atomic E-state index is -0.187. The molecule has 1 rings (SSSR count). The Balaban J connectivity index is 2.57. The first kappa shape index (κ1) is 23.7. The first-order chi connectivity index (χ1) is 12.9. The maximum atomic E-state index is 12.0. The predicted octanol–water partition coefficient (Wildman–Crippen LogP) is 6.51. The van der Waals surface area contributed by atoms with Crippen molar-refractivity contribution in [1.82, 2.24) is 0 Å². The molecular formula is C21H30ClNO3S. The normalized spacial score (nSPS) is 12.3. The van der Waals surface area contributed by atoms with E-state index in [1.54, 1.807) is 19.2 Å². The molecule has 0 saturated carbocycles. The van der Waals surface area contributed by atoms with Crippen molar-refractivity contribution >= 4 is 47.0 Å². The molecule has 0 aliphatic heterocycles. The van der Waals surface area contributed by atoms with Crippen molar-refractivity contribution in [3.8, 4) is 0 Å². The molecule has 0 bridgehead atoms. The molecule has 1 atom stereocenters. The minimum absolute atomic E-state index is 0.125. The van der Waals surface area contributed by atoms with Crippen molar-refractivity contribution in [3.63, 3.8) is 0 Å². The summed E-state index contributed by atoms with van der Waals surface area (Å²) in [5.41, 5.74) is 0.987. The maximum Gasteiger partial charge on any atom is 0.306 e. The van der Waals surface area contributed by atoms with E-state index >= 15 is 0 Å². The van der Waals surface area contributed by atoms with Gasteiger partial charge in [-0.25, -0.2) is 0 Å². The van der Waals surface area contributed by atoms with E-state index in [4.69, 9.17) is 16.3 Å². The van der Waals surface area contributed by atoms with Crippen molar-refractivity contribution in [3.05, 3.63) is 22.7 Å². The molecule has 0 amide bonds. The van der Waals surface area contributed by atoms with Crippen LogP contribution in [0.2, 0.25) is 5.02 Å². The van der Waals surface area contributed by atoms with Crippen molar-refractivity contribution in [2.24, 2.45) is 10.9 Å². The van der Waals surface area contributed by atoms with Crippen LogP contribution in [0.1, 0.15) is 70.2 Å². The second-order valence-corrected chi connectivity index (χ2v) is 7.93. The number of hydrogen-bond donors (Lipinski definition) is 0. The van der Waals surface area contributed by atoms with Gasteiger partial charge < -0.3 is 4.74 Å². The summed E-state index contributed by atoms with van der Waals surface area (Å²) in [5.74, 6) is 0.686. The lowest BCUT2D eigenvalue weighted by molar-refractivity contribution is -0.144. The van der Waals surface area contributed by atoms with Gasteiger partial charge in [0, 0.05) is 16.9 Å². The topological polar surface area (TPSA) is 55.7 Å². The van der Waals surface area contributed by atoms with E-state index in [0.29, 0.717) is 41.0 Å². The van der Waals surface area contributed by atoms with Crippen LogP contribution < -0.4 is 0 Å². The number of unbranched alkanes of at least 4 members (excludes halogenated alkanes) is 1. The number of aliphatic imine (C=N–C) groups is 1. The molecule has 0 aliphatic carbocycles. The Morgan fingerprint density at radius 2 is 2.07 bits per heavy atom. The summed E-state index contributed by atoms with van der Waals surface area (Å²) < 4.78 is 5.41. The van der Waals surface area contributed by atoms with Gasteiger partial charge in [0.15, 0.2) is 5.78 Å². The van der Waals surface area contributed by atoms with Crippen LogP contribution in [0, 0.1) is 5.92 Å². The molecule has 0 N–H and O–H groups in total. The zero-order valence-electron chi connectivity index (χ0n) is 16.7. The van der Waals surface area contributed by atoms with E-state index in [0.717, 1.165) is 24.2 Å². The third-order valence-electron chi connectivity index (χ3n) is 4.29. The lowest BCUT2D eigenvalue weighted by Crippen LogP contribution is -2.14. The fourth-order valence-corrected chi connectivity index (χ4v) is 4.00. The van der Waals surface area contributed by atoms with Crippen LogP contribution in [0.15, 0.2) is 22.0 Å². The van der Waals surface area contributed by atoms with Crippen LogP contribution in [0.25, 0.3) is 0 Å². The van der Waals surface area contributed by atoms with Crippen molar-refractivity contribution in [1.29, 1.82) is 0 Å². The predicted molar refractivity (Wildman–Crippen MR) is 115 cm³/mol. The molecule has 0 heterocycles. The Bertz CT molecular complexity index is 661. The van der Waals surface area contributed by atoms with Crippen molar-refractivity contribution < 1.29 is 14.3 Å². The van der Waals surface area contributed by atoms with Crippen molar-refractivity contribution in [2.75, 3.05) is 12.4 Å². The Morgan fingerprint density at radius 1 is 1.33 bits per heavy atom. The summed E-state index contributed by atoms with van der Waals surface area (Å²) in [6.45, 7) is 8.06. The van der Waals surface area contributed by atoms with Crippen LogP contribution in [0.3, 0.4) is 0 Å². The van der Waals surface area contributed by atoms with Gasteiger partial charge in [-0.3, -0.25) is 14.6 Å². The lowest BCUT2D eigenvalue weighted by Gasteiger charge is -2.14. The monoisotopic (exact) mass is 411 g/mol. The molecule has 0 fully saturated rings. The first-order valence-corrected chi connectivity index (χ1v) is 10.9. The van der Waals surface area contributed by atoms with E-state index < -0.39 is 0 Å². The van der Waals surface area contributed by atoms with Crippen LogP contribution in [0.5, 0.6) is 0 Å². The molecule has 1 aromatic rings. The SMILES string of the molecule is C/C=N\c1ccc(SCCC(=O)OCC(CC)CCCC)c(Cl)c1C(C)=O. The Kier molecular flexibility index (Phi) is 11.4. The van der Waals surface area contributed by atoms with Gasteiger partial charge in [0.05, 0.1) is 29.3 Å². The molecule has 0 aromatic heterocycles. The van der Waals surface area contributed by atoms with Gasteiger partial charge >= 0.3 is 5.97 Å². The van der Waals surface area contributed by atoms with Gasteiger partial charge in [-0.1, -0.05) is 44.7 Å². The number of halogens is 1. The summed E-state index contributed by atoms with van der Waals surface area (Å²) in [5, 5.41) is 0.398. The van der Waals surface area contributed by atoms with E-state index in [-0.39, 0.29) is 11.8 Å². The fraction of sp³-hybridized carbons (Fsp3) is 0.571. The lowest BCUT2D eigenvalue weighted by atomic mass is 10.0. The summed E-state index contributed by atoms with van der Waals surface area (Å²) in [6, 6.07) is 3.62. The molecule has 1 unspecified atom stereocenters. The van der Waals surface area contributed by atoms with E-state index in [2.05, 4.69) is 18.8 Å². The number of Topliss-reactive ketones (excluding diaryl/α,β-unsaturated/α-hetero) is 1. The van der Waals surface area contributed by atoms with Gasteiger partial charge in [0.25, 0.3) is 0 Å². The van der Waals surface area contributed by atoms with Gasteiger partial charge in [0.2, 0.25) is 0 Å². The van der Waals surface area contributed by atoms with Gasteiger partial charge in [-0.2, -0.15) is 0 Å². The van der Waals surface area contributed by atoms with E-state index in [1.807, 2.05) is 6.07 Å². The Morgan fingerprint density at radius 3 is 2.67 bits per heavy atom. The van der Waals surface area contributed by atoms with Gasteiger partial charge in [-0.05, 0) is 38.3 Å². The summed E-state index contributed by atoms with van der Waals surface area (Å²) in [4.78, 5) is 28.9. The number of carbonyl (C=O) groups is 2. The van der Waals surface area contributed by atoms with Gasteiger partial charge in [-0.15, -0.1) is 11.8 Å². The quantitative estimate of drug-likeness (QED) is 0.170. The Labute approximate surface area is 172 Å². The van der Waals surface area contributed by atoms with E-state index in [9.17, 15) is 9.59 Å². The number of thioether (sulfide) groups is 1. The molecule has 0 spiro atoms. The summed E-state index contributed by atoms with van der Waals surface area (Å²) in [6.07, 6.45) is 6.40. The highest BCUT2D eigenvalue weighted by Gasteiger charge is 2.16. The summed E-state index contributed by atoms with van der Waals surface area (Å²) >= 11 is 7.85. The molecule has 0 saturated heterocycles. The average Bonchev–Trinajstić information content (AvgIpc) is 2.63. The van der Waals surface area contributed by atoms with Gasteiger partial charge in [0.1, 0.15) is 0 Å². The molecule has 0 aliphatic rings. The molecule has 27 heavy (non-hydrogen) atoms. The molecule has 1 aromatic carbocycles. The van der Waals surface area contributed by atoms with Crippen LogP contribution in [0.4, 0.5) is 5.69 Å². The molecular weight excluding hydrogens is 382 g/mol. The number of benzene rings is 1. The van der Waals surface area contributed by atoms with Crippen LogP contribution >= 0.6 is 23.4 Å². The number of esters is 1. The largest absolute Gasteiger partial charge is 0.465 e. The van der Waals surface area contributed by atoms with E-state index in [1.165, 1.54) is 25.1 Å². The third kappa shape index (κ3) is 8.06. The number of carbonyl (C=O) groups excluding carboxylic acids is 2. The highest BCUT2D eigenvalue weighted by Crippen LogP contribution is 2.36. The second-order valence-electron chi connectivity index (χ2n) is 6.41. The number of ketones is 1. The Hall–Kier alpha value is -1.33. The summed E-state index contributed by atoms with van der Waals surface area (Å²) in [7, 11) is 0. The van der Waals surface area contributed by atoms with Crippen molar-refractivity contribution in [2.45, 2.75) is 64.7 Å². The minimum Gasteiger partial charge on any atom is -0.465 e. The average molecular weight is 412 g/mol. The molecule has 6 heteroatoms. The number of nitrogens with zero attached hydrogens (tertiary/aromatic N) is 1. The highest BCUT2D eigenvalue weighted by molar-refractivity contribution is 7.99. The first-order valence-electron chi connectivity index (χ1n) is 9.55. The zero-order valence-corrected chi connectivity index (χ0v) is 18.3. The number of ether oxygens (including phenoxy) is 1. The van der Waals surface area contributed by atoms with Crippen LogP contribution in [-0.4, -0.2) is 30.3 Å². The zero-order chi connectivity index (χ0) is 20.2. The number of rotatable bonds is 12. The highest BCUT2D eigenvalue weighted by atomic mass is 35.5. The smallest absolute Gasteiger partial charge is 0.306 e. The second kappa shape index (κ2) is 12.9. The third-order valence-corrected chi connectivity index (χ3v) is 5.86.